The Bertz CT molecular complexity index is 1150. The van der Waals surface area contributed by atoms with Gasteiger partial charge >= 0.3 is 0 Å². The van der Waals surface area contributed by atoms with Crippen LogP contribution in [0, 0.1) is 11.3 Å². The first-order valence-electron chi connectivity index (χ1n) is 10.3. The third-order valence-corrected chi connectivity index (χ3v) is 5.51. The molecular formula is C24H24N4O4S. The summed E-state index contributed by atoms with van der Waals surface area (Å²) in [6.07, 6.45) is 1.48. The number of ether oxygens (including phenoxy) is 3. The Kier molecular flexibility index (Phi) is 8.38. The molecular weight excluding hydrogens is 440 g/mol. The highest BCUT2D eigenvalue weighted by Gasteiger charge is 2.15. The van der Waals surface area contributed by atoms with Gasteiger partial charge in [0.1, 0.15) is 35.6 Å². The van der Waals surface area contributed by atoms with E-state index >= 15 is 0 Å². The average Bonchev–Trinajstić information content (AvgIpc) is 3.30. The zero-order valence-electron chi connectivity index (χ0n) is 18.6. The molecule has 0 saturated heterocycles. The Hall–Kier alpha value is -3.90. The van der Waals surface area contributed by atoms with E-state index in [4.69, 9.17) is 14.2 Å². The fraction of sp³-hybridized carbons (Fsp3) is 0.250. The van der Waals surface area contributed by atoms with Crippen LogP contribution in [0.2, 0.25) is 0 Å². The number of para-hydroxylation sites is 1. The lowest BCUT2D eigenvalue weighted by Gasteiger charge is -2.12. The zero-order valence-corrected chi connectivity index (χ0v) is 19.4. The van der Waals surface area contributed by atoms with E-state index in [9.17, 15) is 10.1 Å². The van der Waals surface area contributed by atoms with Crippen molar-refractivity contribution in [2.75, 3.05) is 25.6 Å². The Labute approximate surface area is 196 Å². The average molecular weight is 465 g/mol. The van der Waals surface area contributed by atoms with Crippen LogP contribution >= 0.6 is 11.3 Å². The minimum Gasteiger partial charge on any atom is -0.493 e. The molecule has 1 aromatic heterocycles. The van der Waals surface area contributed by atoms with Crippen LogP contribution in [0.5, 0.6) is 17.2 Å². The molecule has 3 aromatic rings. The molecule has 0 aliphatic rings. The summed E-state index contributed by atoms with van der Waals surface area (Å²) in [6.45, 7) is 4.68. The molecule has 0 fully saturated rings. The van der Waals surface area contributed by atoms with Gasteiger partial charge in [-0.05, 0) is 35.9 Å². The highest BCUT2D eigenvalue weighted by atomic mass is 32.1. The Balaban J connectivity index is 1.63. The second kappa shape index (κ2) is 11.6. The molecule has 0 atom stereocenters. The van der Waals surface area contributed by atoms with Crippen LogP contribution in [0.1, 0.15) is 30.3 Å². The van der Waals surface area contributed by atoms with Crippen molar-refractivity contribution in [3.8, 4) is 23.3 Å². The number of aromatic nitrogens is 2. The molecule has 1 amide bonds. The standard InChI is InChI=1S/C24H24N4O4S/c1-16(2)23-27-28-24(33-23)26-22(29)18(15-25)13-17-9-10-20(21(14-17)30-3)32-12-11-31-19-7-5-4-6-8-19/h4-10,13-14,16H,11-12H2,1-3H3,(H,26,28,29)/b18-13-. The van der Waals surface area contributed by atoms with Gasteiger partial charge in [0.15, 0.2) is 11.5 Å². The Morgan fingerprint density at radius 3 is 2.55 bits per heavy atom. The third kappa shape index (κ3) is 6.79. The van der Waals surface area contributed by atoms with Crippen molar-refractivity contribution in [1.82, 2.24) is 10.2 Å². The van der Waals surface area contributed by atoms with Crippen LogP contribution in [0.25, 0.3) is 6.08 Å². The predicted octanol–water partition coefficient (Wildman–Crippen LogP) is 4.67. The molecule has 0 unspecified atom stereocenters. The molecule has 33 heavy (non-hydrogen) atoms. The third-order valence-electron chi connectivity index (χ3n) is 4.37. The monoisotopic (exact) mass is 464 g/mol. The Morgan fingerprint density at radius 2 is 1.88 bits per heavy atom. The van der Waals surface area contributed by atoms with Gasteiger partial charge in [-0.2, -0.15) is 5.26 Å². The van der Waals surface area contributed by atoms with Crippen LogP contribution in [0.15, 0.2) is 54.1 Å². The lowest BCUT2D eigenvalue weighted by atomic mass is 10.1. The molecule has 9 heteroatoms. The summed E-state index contributed by atoms with van der Waals surface area (Å²) in [5.74, 6) is 1.43. The summed E-state index contributed by atoms with van der Waals surface area (Å²) < 4.78 is 16.8. The predicted molar refractivity (Wildman–Crippen MR) is 127 cm³/mol. The lowest BCUT2D eigenvalue weighted by Crippen LogP contribution is -2.13. The summed E-state index contributed by atoms with van der Waals surface area (Å²) >= 11 is 1.28. The molecule has 0 bridgehead atoms. The zero-order chi connectivity index (χ0) is 23.6. The van der Waals surface area contributed by atoms with Crippen LogP contribution in [0.3, 0.4) is 0 Å². The highest BCUT2D eigenvalue weighted by molar-refractivity contribution is 7.15. The number of hydrogen-bond donors (Lipinski definition) is 1. The molecule has 170 valence electrons. The summed E-state index contributed by atoms with van der Waals surface area (Å²) in [4.78, 5) is 12.5. The van der Waals surface area contributed by atoms with Crippen LogP contribution in [-0.4, -0.2) is 36.4 Å². The number of carbonyl (C=O) groups excluding carboxylic acids is 1. The number of benzene rings is 2. The number of nitriles is 1. The number of amides is 1. The number of hydrogen-bond acceptors (Lipinski definition) is 8. The largest absolute Gasteiger partial charge is 0.493 e. The number of rotatable bonds is 10. The van der Waals surface area contributed by atoms with Gasteiger partial charge in [-0.25, -0.2) is 0 Å². The summed E-state index contributed by atoms with van der Waals surface area (Å²) in [7, 11) is 1.52. The van der Waals surface area contributed by atoms with E-state index in [0.717, 1.165) is 10.8 Å². The molecule has 1 heterocycles. The van der Waals surface area contributed by atoms with Crippen molar-refractivity contribution in [3.63, 3.8) is 0 Å². The van der Waals surface area contributed by atoms with E-state index in [1.54, 1.807) is 18.2 Å². The molecule has 3 rings (SSSR count). The quantitative estimate of drug-likeness (QED) is 0.264. The maximum Gasteiger partial charge on any atom is 0.268 e. The minimum atomic E-state index is -0.554. The minimum absolute atomic E-state index is 0.0664. The van der Waals surface area contributed by atoms with Gasteiger partial charge in [-0.3, -0.25) is 10.1 Å². The van der Waals surface area contributed by atoms with E-state index in [-0.39, 0.29) is 11.5 Å². The number of nitrogens with zero attached hydrogens (tertiary/aromatic N) is 3. The van der Waals surface area contributed by atoms with E-state index in [0.29, 0.717) is 35.4 Å². The van der Waals surface area contributed by atoms with Crippen molar-refractivity contribution in [2.24, 2.45) is 0 Å². The fourth-order valence-corrected chi connectivity index (χ4v) is 3.46. The maximum absolute atomic E-state index is 12.5. The second-order valence-electron chi connectivity index (χ2n) is 7.14. The topological polar surface area (TPSA) is 106 Å². The van der Waals surface area contributed by atoms with E-state index in [1.165, 1.54) is 24.5 Å². The number of anilines is 1. The maximum atomic E-state index is 12.5. The number of nitrogens with one attached hydrogen (secondary N) is 1. The van der Waals surface area contributed by atoms with E-state index in [1.807, 2.05) is 50.2 Å². The smallest absolute Gasteiger partial charge is 0.268 e. The van der Waals surface area contributed by atoms with Gasteiger partial charge in [0.2, 0.25) is 5.13 Å². The van der Waals surface area contributed by atoms with Gasteiger partial charge in [-0.1, -0.05) is 49.4 Å². The molecule has 2 aromatic carbocycles. The fourth-order valence-electron chi connectivity index (χ4n) is 2.72. The first-order valence-corrected chi connectivity index (χ1v) is 11.1. The van der Waals surface area contributed by atoms with Crippen molar-refractivity contribution in [2.45, 2.75) is 19.8 Å². The van der Waals surface area contributed by atoms with Gasteiger partial charge < -0.3 is 14.2 Å². The highest BCUT2D eigenvalue weighted by Crippen LogP contribution is 2.29. The van der Waals surface area contributed by atoms with Gasteiger partial charge in [-0.15, -0.1) is 10.2 Å². The summed E-state index contributed by atoms with van der Waals surface area (Å²) in [6, 6.07) is 16.6. The summed E-state index contributed by atoms with van der Waals surface area (Å²) in [5.41, 5.74) is 0.551. The lowest BCUT2D eigenvalue weighted by molar-refractivity contribution is -0.112. The van der Waals surface area contributed by atoms with Crippen LogP contribution < -0.4 is 19.5 Å². The second-order valence-corrected chi connectivity index (χ2v) is 8.15. The first-order chi connectivity index (χ1) is 16.0. The molecule has 0 spiro atoms. The van der Waals surface area contributed by atoms with Gasteiger partial charge in [0.05, 0.1) is 7.11 Å². The van der Waals surface area contributed by atoms with Crippen molar-refractivity contribution >= 4 is 28.5 Å². The normalized spacial score (nSPS) is 11.1. The molecule has 0 radical (unpaired) electrons. The van der Waals surface area contributed by atoms with Gasteiger partial charge in [0, 0.05) is 5.92 Å². The van der Waals surface area contributed by atoms with Gasteiger partial charge in [0.25, 0.3) is 5.91 Å². The molecule has 0 saturated carbocycles. The van der Waals surface area contributed by atoms with Crippen molar-refractivity contribution in [3.05, 3.63) is 64.7 Å². The van der Waals surface area contributed by atoms with Crippen LogP contribution in [0.4, 0.5) is 5.13 Å². The van der Waals surface area contributed by atoms with Crippen LogP contribution in [-0.2, 0) is 4.79 Å². The summed E-state index contributed by atoms with van der Waals surface area (Å²) in [5, 5.41) is 21.2. The molecule has 1 N–H and O–H groups in total. The van der Waals surface area contributed by atoms with E-state index in [2.05, 4.69) is 15.5 Å². The molecule has 8 nitrogen and oxygen atoms in total. The number of methoxy groups -OCH3 is 1. The van der Waals surface area contributed by atoms with E-state index < -0.39 is 5.91 Å². The molecule has 0 aliphatic heterocycles. The SMILES string of the molecule is COc1cc(/C=C(/C#N)C(=O)Nc2nnc(C(C)C)s2)ccc1OCCOc1ccccc1. The Morgan fingerprint density at radius 1 is 1.12 bits per heavy atom. The molecule has 0 aliphatic carbocycles. The van der Waals surface area contributed by atoms with Crippen molar-refractivity contribution in [1.29, 1.82) is 5.26 Å². The number of carbonyl (C=O) groups is 1. The first kappa shape index (κ1) is 23.8. The van der Waals surface area contributed by atoms with Crippen molar-refractivity contribution < 1.29 is 19.0 Å².